The molecule has 0 aliphatic heterocycles. The molecule has 5 aliphatic rings. The van der Waals surface area contributed by atoms with E-state index in [1.54, 1.807) is 5.48 Å². The van der Waals surface area contributed by atoms with Gasteiger partial charge in [-0.25, -0.2) is 9.87 Å². The van der Waals surface area contributed by atoms with Crippen molar-refractivity contribution in [2.75, 3.05) is 26.3 Å². The minimum absolute atomic E-state index is 0.235. The molecule has 5 rings (SSSR count). The highest BCUT2D eigenvalue weighted by atomic mass is 19.1. The Balaban J connectivity index is 1.38. The van der Waals surface area contributed by atoms with Crippen LogP contribution in [0.2, 0.25) is 0 Å². The second-order valence-corrected chi connectivity index (χ2v) is 10.4. The van der Waals surface area contributed by atoms with Crippen molar-refractivity contribution < 1.29 is 14.4 Å². The average molecular weight is 403 g/mol. The van der Waals surface area contributed by atoms with Crippen LogP contribution < -0.4 is 5.48 Å². The van der Waals surface area contributed by atoms with E-state index in [4.69, 9.17) is 5.21 Å². The van der Waals surface area contributed by atoms with Crippen LogP contribution in [0.3, 0.4) is 0 Å². The molecule has 0 aromatic rings. The van der Waals surface area contributed by atoms with Crippen LogP contribution in [-0.4, -0.2) is 42.3 Å². The largest absolute Gasteiger partial charge is 0.296 e. The van der Waals surface area contributed by atoms with Gasteiger partial charge in [0, 0.05) is 31.1 Å². The van der Waals surface area contributed by atoms with Crippen LogP contribution in [0.25, 0.3) is 0 Å². The van der Waals surface area contributed by atoms with Crippen molar-refractivity contribution in [2.24, 2.45) is 28.6 Å². The first-order chi connectivity index (χ1) is 13.9. The molecule has 4 fully saturated rings. The maximum atomic E-state index is 13.3. The molecular formula is C24H35FN2O2. The first kappa shape index (κ1) is 20.8. The van der Waals surface area contributed by atoms with Crippen LogP contribution in [-0.2, 0) is 4.79 Å². The molecule has 0 radical (unpaired) electrons. The van der Waals surface area contributed by atoms with Gasteiger partial charge in [0.1, 0.15) is 6.67 Å². The highest BCUT2D eigenvalue weighted by molar-refractivity contribution is 5.86. The molecule has 0 aromatic carbocycles. The molecule has 0 saturated heterocycles. The zero-order valence-electron chi connectivity index (χ0n) is 17.6. The third-order valence-corrected chi connectivity index (χ3v) is 7.74. The Labute approximate surface area is 173 Å². The van der Waals surface area contributed by atoms with Crippen LogP contribution in [0.15, 0.2) is 36.0 Å². The summed E-state index contributed by atoms with van der Waals surface area (Å²) < 4.78 is 13.3. The average Bonchev–Trinajstić information content (AvgIpc) is 2.67. The summed E-state index contributed by atoms with van der Waals surface area (Å²) in [5, 5.41) is 8.64. The number of allylic oxidation sites excluding steroid dienone is 3. The fourth-order valence-electron chi connectivity index (χ4n) is 6.88. The van der Waals surface area contributed by atoms with Crippen molar-refractivity contribution in [1.29, 1.82) is 0 Å². The van der Waals surface area contributed by atoms with Gasteiger partial charge in [0.05, 0.1) is 0 Å². The first-order valence-corrected chi connectivity index (χ1v) is 11.2. The summed E-state index contributed by atoms with van der Waals surface area (Å²) in [7, 11) is 0. The van der Waals surface area contributed by atoms with Gasteiger partial charge in [0.25, 0.3) is 5.91 Å². The van der Waals surface area contributed by atoms with Gasteiger partial charge in [-0.15, -0.1) is 0 Å². The summed E-state index contributed by atoms with van der Waals surface area (Å²) in [6.07, 6.45) is 18.8. The van der Waals surface area contributed by atoms with Crippen molar-refractivity contribution in [3.8, 4) is 0 Å². The van der Waals surface area contributed by atoms with Crippen LogP contribution >= 0.6 is 0 Å². The molecule has 0 aromatic heterocycles. The lowest BCUT2D eigenvalue weighted by Gasteiger charge is -2.58. The third-order valence-electron chi connectivity index (χ3n) is 7.74. The Morgan fingerprint density at radius 1 is 1.28 bits per heavy atom. The smallest absolute Gasteiger partial charge is 0.267 e. The zero-order valence-corrected chi connectivity index (χ0v) is 17.6. The monoisotopic (exact) mass is 402 g/mol. The van der Waals surface area contributed by atoms with Gasteiger partial charge in [-0.2, -0.15) is 0 Å². The molecule has 29 heavy (non-hydrogen) atoms. The first-order valence-electron chi connectivity index (χ1n) is 11.2. The minimum Gasteiger partial charge on any atom is -0.296 e. The van der Waals surface area contributed by atoms with E-state index in [2.05, 4.69) is 30.1 Å². The van der Waals surface area contributed by atoms with E-state index in [1.807, 2.05) is 6.08 Å². The molecule has 4 nitrogen and oxygen atoms in total. The van der Waals surface area contributed by atoms with Crippen molar-refractivity contribution in [2.45, 2.75) is 51.9 Å². The number of nitrogens with zero attached hydrogens (tertiary/aromatic N) is 1. The molecule has 2 N–H and O–H groups in total. The van der Waals surface area contributed by atoms with Crippen LogP contribution in [0.4, 0.5) is 4.39 Å². The van der Waals surface area contributed by atoms with Crippen LogP contribution in [0.1, 0.15) is 51.9 Å². The zero-order chi connectivity index (χ0) is 20.5. The van der Waals surface area contributed by atoms with Gasteiger partial charge in [-0.1, -0.05) is 31.2 Å². The predicted molar refractivity (Wildman–Crippen MR) is 112 cm³/mol. The molecule has 4 saturated carbocycles. The number of nitrogens with one attached hydrogen (secondary N) is 1. The van der Waals surface area contributed by atoms with Gasteiger partial charge >= 0.3 is 0 Å². The van der Waals surface area contributed by atoms with Crippen molar-refractivity contribution >= 4 is 5.91 Å². The van der Waals surface area contributed by atoms with E-state index in [9.17, 15) is 9.18 Å². The molecule has 0 heterocycles. The Morgan fingerprint density at radius 3 is 2.45 bits per heavy atom. The van der Waals surface area contributed by atoms with E-state index in [0.29, 0.717) is 12.0 Å². The van der Waals surface area contributed by atoms with Gasteiger partial charge in [-0.3, -0.25) is 14.9 Å². The number of hydrogen-bond acceptors (Lipinski definition) is 3. The predicted octanol–water partition coefficient (Wildman–Crippen LogP) is 4.43. The fourth-order valence-corrected chi connectivity index (χ4v) is 6.88. The number of alkyl halides is 1. The lowest BCUT2D eigenvalue weighted by molar-refractivity contribution is -0.124. The Hall–Kier alpha value is -1.46. The summed E-state index contributed by atoms with van der Waals surface area (Å²) in [5.74, 6) is 2.25. The van der Waals surface area contributed by atoms with Gasteiger partial charge < -0.3 is 0 Å². The highest BCUT2D eigenvalue weighted by Gasteiger charge is 2.51. The van der Waals surface area contributed by atoms with E-state index < -0.39 is 5.91 Å². The van der Waals surface area contributed by atoms with Crippen LogP contribution in [0, 0.1) is 28.6 Å². The molecule has 0 spiro atoms. The second kappa shape index (κ2) is 8.35. The molecule has 1 unspecified atom stereocenters. The molecule has 160 valence electrons. The Morgan fingerprint density at radius 2 is 1.93 bits per heavy atom. The number of hydroxylamine groups is 1. The number of hydrogen-bond donors (Lipinski definition) is 2. The summed E-state index contributed by atoms with van der Waals surface area (Å²) in [5.41, 5.74) is 3.05. The van der Waals surface area contributed by atoms with Crippen molar-refractivity contribution in [3.63, 3.8) is 0 Å². The van der Waals surface area contributed by atoms with E-state index in [1.165, 1.54) is 50.2 Å². The SMILES string of the molecule is CC1(/C=C/C(=O)NO)C=CC(CN(CCF)CC23CC4CC(CC(C4)C2)C3)=CC1. The number of carbonyl (C=O) groups excluding carboxylic acids is 1. The van der Waals surface area contributed by atoms with E-state index >= 15 is 0 Å². The standard InChI is InChI=1S/C24H35FN2O2/c1-23(7-4-22(28)26-29)5-2-18(3-6-23)16-27(9-8-25)17-24-13-19-10-20(14-24)12-21(11-19)15-24/h2-5,7,19-21,29H,6,8-17H2,1H3,(H,26,28)/b7-4+. The molecule has 1 amide bonds. The molecule has 1 atom stereocenters. The topological polar surface area (TPSA) is 52.6 Å². The van der Waals surface area contributed by atoms with Crippen LogP contribution in [0.5, 0.6) is 0 Å². The Kier molecular flexibility index (Phi) is 5.99. The second-order valence-electron chi connectivity index (χ2n) is 10.4. The normalized spacial score (nSPS) is 38.1. The molecule has 4 bridgehead atoms. The number of carbonyl (C=O) groups is 1. The molecule has 5 heteroatoms. The van der Waals surface area contributed by atoms with Gasteiger partial charge in [0.15, 0.2) is 0 Å². The maximum Gasteiger partial charge on any atom is 0.267 e. The summed E-state index contributed by atoms with van der Waals surface area (Å²) in [6.45, 7) is 4.13. The Bertz CT molecular complexity index is 678. The highest BCUT2D eigenvalue weighted by Crippen LogP contribution is 2.60. The number of halogens is 1. The minimum atomic E-state index is -0.515. The summed E-state index contributed by atoms with van der Waals surface area (Å²) >= 11 is 0. The number of amides is 1. The van der Waals surface area contributed by atoms with Crippen molar-refractivity contribution in [1.82, 2.24) is 10.4 Å². The van der Waals surface area contributed by atoms with Gasteiger partial charge in [0.2, 0.25) is 0 Å². The van der Waals surface area contributed by atoms with E-state index in [0.717, 1.165) is 37.3 Å². The quantitative estimate of drug-likeness (QED) is 0.359. The van der Waals surface area contributed by atoms with Crippen molar-refractivity contribution in [3.05, 3.63) is 36.0 Å². The van der Waals surface area contributed by atoms with Gasteiger partial charge in [-0.05, 0) is 73.7 Å². The lowest BCUT2D eigenvalue weighted by Crippen LogP contribution is -2.51. The van der Waals surface area contributed by atoms with E-state index in [-0.39, 0.29) is 12.1 Å². The lowest BCUT2D eigenvalue weighted by atomic mass is 9.49. The molecule has 5 aliphatic carbocycles. The summed E-state index contributed by atoms with van der Waals surface area (Å²) in [6, 6.07) is 0. The fraction of sp³-hybridized carbons (Fsp3) is 0.708. The number of rotatable bonds is 8. The maximum absolute atomic E-state index is 13.3. The third kappa shape index (κ3) is 4.83. The molecular weight excluding hydrogens is 367 g/mol. The summed E-state index contributed by atoms with van der Waals surface area (Å²) in [4.78, 5) is 13.6.